The largest absolute Gasteiger partial charge is 0.281 e. The Labute approximate surface area is 99.7 Å². The first-order chi connectivity index (χ1) is 7.24. The van der Waals surface area contributed by atoms with Gasteiger partial charge in [0.25, 0.3) is 0 Å². The molecule has 0 fully saturated rings. The van der Waals surface area contributed by atoms with E-state index in [9.17, 15) is 4.79 Å². The van der Waals surface area contributed by atoms with Gasteiger partial charge >= 0.3 is 0 Å². The van der Waals surface area contributed by atoms with Gasteiger partial charge in [0.2, 0.25) is 5.24 Å². The van der Waals surface area contributed by atoms with Crippen LogP contribution in [0.5, 0.6) is 0 Å². The lowest BCUT2D eigenvalue weighted by atomic mass is 9.99. The van der Waals surface area contributed by atoms with Gasteiger partial charge in [-0.15, -0.1) is 0 Å². The normalized spacial score (nSPS) is 15.1. The molecule has 0 aromatic rings. The zero-order chi connectivity index (χ0) is 12.8. The van der Waals surface area contributed by atoms with E-state index in [0.717, 1.165) is 0 Å². The molecule has 86 valence electrons. The van der Waals surface area contributed by atoms with Crippen molar-refractivity contribution in [1.82, 2.24) is 0 Å². The van der Waals surface area contributed by atoms with E-state index in [1.54, 1.807) is 20.8 Å². The molecule has 0 rings (SSSR count). The van der Waals surface area contributed by atoms with Gasteiger partial charge in [0.15, 0.2) is 11.1 Å². The standard InChI is InChI=1S/C10H13ClN4O/c1-9(2,6-12)14-15-10(3,7-13)5-4-8(11)16/h4-5H2,1-3H3. The van der Waals surface area contributed by atoms with E-state index in [2.05, 4.69) is 10.2 Å². The molecule has 0 bridgehead atoms. The number of hydrogen-bond donors (Lipinski definition) is 0. The molecule has 0 saturated carbocycles. The summed E-state index contributed by atoms with van der Waals surface area (Å²) in [7, 11) is 0. The first-order valence-corrected chi connectivity index (χ1v) is 5.07. The Morgan fingerprint density at radius 3 is 2.19 bits per heavy atom. The Kier molecular flexibility index (Phi) is 5.07. The molecule has 0 aromatic carbocycles. The Hall–Kier alpha value is -1.46. The van der Waals surface area contributed by atoms with Crippen molar-refractivity contribution < 1.29 is 4.79 Å². The van der Waals surface area contributed by atoms with Crippen LogP contribution in [0.1, 0.15) is 33.6 Å². The fourth-order valence-corrected chi connectivity index (χ4v) is 0.822. The molecule has 1 atom stereocenters. The molecular formula is C10H13ClN4O. The average molecular weight is 241 g/mol. The number of hydrogen-bond acceptors (Lipinski definition) is 5. The van der Waals surface area contributed by atoms with E-state index in [4.69, 9.17) is 22.1 Å². The van der Waals surface area contributed by atoms with Crippen LogP contribution in [-0.4, -0.2) is 16.3 Å². The summed E-state index contributed by atoms with van der Waals surface area (Å²) < 4.78 is 0. The third-order valence-electron chi connectivity index (χ3n) is 1.84. The second kappa shape index (κ2) is 5.58. The number of azo groups is 1. The molecule has 0 aliphatic rings. The average Bonchev–Trinajstić information content (AvgIpc) is 2.24. The van der Waals surface area contributed by atoms with E-state index in [0.29, 0.717) is 0 Å². The third kappa shape index (κ3) is 5.43. The van der Waals surface area contributed by atoms with Crippen LogP contribution in [0.2, 0.25) is 0 Å². The van der Waals surface area contributed by atoms with Crippen LogP contribution in [0.3, 0.4) is 0 Å². The fourth-order valence-electron chi connectivity index (χ4n) is 0.728. The number of nitrogens with zero attached hydrogens (tertiary/aromatic N) is 4. The van der Waals surface area contributed by atoms with E-state index >= 15 is 0 Å². The minimum Gasteiger partial charge on any atom is -0.281 e. The van der Waals surface area contributed by atoms with E-state index in [1.165, 1.54) is 0 Å². The lowest BCUT2D eigenvalue weighted by molar-refractivity contribution is -0.111. The molecule has 1 unspecified atom stereocenters. The van der Waals surface area contributed by atoms with Crippen LogP contribution in [0.25, 0.3) is 0 Å². The maximum Gasteiger partial charge on any atom is 0.221 e. The molecule has 0 heterocycles. The van der Waals surface area contributed by atoms with E-state index in [1.807, 2.05) is 12.1 Å². The highest BCUT2D eigenvalue weighted by molar-refractivity contribution is 6.63. The number of nitriles is 2. The van der Waals surface area contributed by atoms with Crippen molar-refractivity contribution in [3.05, 3.63) is 0 Å². The molecule has 5 nitrogen and oxygen atoms in total. The monoisotopic (exact) mass is 240 g/mol. The topological polar surface area (TPSA) is 89.4 Å². The van der Waals surface area contributed by atoms with Crippen molar-refractivity contribution in [2.75, 3.05) is 0 Å². The van der Waals surface area contributed by atoms with Crippen LogP contribution in [0, 0.1) is 22.7 Å². The third-order valence-corrected chi connectivity index (χ3v) is 2.03. The molecule has 0 aromatic heterocycles. The van der Waals surface area contributed by atoms with Crippen LogP contribution in [-0.2, 0) is 4.79 Å². The van der Waals surface area contributed by atoms with E-state index < -0.39 is 16.3 Å². The SMILES string of the molecule is CC(C)(C#N)N=NC(C)(C#N)CCC(=O)Cl. The molecule has 0 saturated heterocycles. The van der Waals surface area contributed by atoms with Gasteiger partial charge in [-0.25, -0.2) is 0 Å². The highest BCUT2D eigenvalue weighted by atomic mass is 35.5. The number of halogens is 1. The highest BCUT2D eigenvalue weighted by Crippen LogP contribution is 2.20. The maximum atomic E-state index is 10.6. The summed E-state index contributed by atoms with van der Waals surface area (Å²) in [5.74, 6) is 0. The highest BCUT2D eigenvalue weighted by Gasteiger charge is 2.26. The smallest absolute Gasteiger partial charge is 0.221 e. The van der Waals surface area contributed by atoms with Gasteiger partial charge < -0.3 is 0 Å². The van der Waals surface area contributed by atoms with Crippen molar-refractivity contribution in [1.29, 1.82) is 10.5 Å². The Morgan fingerprint density at radius 1 is 1.25 bits per heavy atom. The summed E-state index contributed by atoms with van der Waals surface area (Å²) >= 11 is 5.19. The lowest BCUT2D eigenvalue weighted by Crippen LogP contribution is -2.22. The second-order valence-electron chi connectivity index (χ2n) is 4.11. The predicted molar refractivity (Wildman–Crippen MR) is 58.7 cm³/mol. The molecule has 16 heavy (non-hydrogen) atoms. The summed E-state index contributed by atoms with van der Waals surface area (Å²) in [6.45, 7) is 4.71. The molecule has 0 amide bonds. The Bertz CT molecular complexity index is 377. The summed E-state index contributed by atoms with van der Waals surface area (Å²) in [5.41, 5.74) is -2.08. The maximum absolute atomic E-state index is 10.6. The molecule has 0 radical (unpaired) electrons. The van der Waals surface area contributed by atoms with Gasteiger partial charge in [-0.2, -0.15) is 20.8 Å². The quantitative estimate of drug-likeness (QED) is 0.546. The first-order valence-electron chi connectivity index (χ1n) is 4.69. The summed E-state index contributed by atoms with van der Waals surface area (Å²) in [4.78, 5) is 10.6. The zero-order valence-electron chi connectivity index (χ0n) is 9.49. The van der Waals surface area contributed by atoms with Crippen molar-refractivity contribution in [3.63, 3.8) is 0 Å². The van der Waals surface area contributed by atoms with Gasteiger partial charge in [0.05, 0.1) is 12.1 Å². The van der Waals surface area contributed by atoms with Gasteiger partial charge in [-0.1, -0.05) is 0 Å². The molecule has 0 aliphatic carbocycles. The van der Waals surface area contributed by atoms with Crippen molar-refractivity contribution in [3.8, 4) is 12.1 Å². The summed E-state index contributed by atoms with van der Waals surface area (Å²) in [5, 5.41) is 24.7. The molecule has 6 heteroatoms. The molecule has 0 aliphatic heterocycles. The minimum absolute atomic E-state index is 0.0532. The Morgan fingerprint density at radius 2 is 1.81 bits per heavy atom. The summed E-state index contributed by atoms with van der Waals surface area (Å²) in [6.07, 6.45) is 0.245. The second-order valence-corrected chi connectivity index (χ2v) is 4.53. The molecule has 0 N–H and O–H groups in total. The number of rotatable bonds is 5. The van der Waals surface area contributed by atoms with Gasteiger partial charge in [-0.3, -0.25) is 4.79 Å². The molecule has 0 spiro atoms. The fraction of sp³-hybridized carbons (Fsp3) is 0.700. The van der Waals surface area contributed by atoms with E-state index in [-0.39, 0.29) is 12.8 Å². The van der Waals surface area contributed by atoms with Gasteiger partial charge in [-0.05, 0) is 38.8 Å². The van der Waals surface area contributed by atoms with Gasteiger partial charge in [0, 0.05) is 6.42 Å². The predicted octanol–water partition coefficient (Wildman–Crippen LogP) is 2.57. The van der Waals surface area contributed by atoms with Crippen molar-refractivity contribution in [2.45, 2.75) is 44.7 Å². The van der Waals surface area contributed by atoms with Crippen LogP contribution >= 0.6 is 11.6 Å². The van der Waals surface area contributed by atoms with Crippen LogP contribution < -0.4 is 0 Å². The zero-order valence-corrected chi connectivity index (χ0v) is 10.2. The van der Waals surface area contributed by atoms with Gasteiger partial charge in [0.1, 0.15) is 0 Å². The first kappa shape index (κ1) is 14.5. The molecular weight excluding hydrogens is 228 g/mol. The summed E-state index contributed by atoms with van der Waals surface area (Å²) in [6, 6.07) is 3.89. The Balaban J connectivity index is 4.69. The number of carbonyl (C=O) groups excluding carboxylic acids is 1. The van der Waals surface area contributed by atoms with Crippen LogP contribution in [0.4, 0.5) is 0 Å². The minimum atomic E-state index is -1.11. The van der Waals surface area contributed by atoms with Crippen molar-refractivity contribution >= 4 is 16.8 Å². The lowest BCUT2D eigenvalue weighted by Gasteiger charge is -2.15. The number of carbonyl (C=O) groups is 1. The van der Waals surface area contributed by atoms with Crippen molar-refractivity contribution in [2.24, 2.45) is 10.2 Å². The van der Waals surface area contributed by atoms with Crippen LogP contribution in [0.15, 0.2) is 10.2 Å².